The van der Waals surface area contributed by atoms with Crippen LogP contribution >= 0.6 is 0 Å². The van der Waals surface area contributed by atoms with E-state index in [0.717, 1.165) is 49.0 Å². The minimum atomic E-state index is -0.598. The van der Waals surface area contributed by atoms with Crippen molar-refractivity contribution in [3.05, 3.63) is 0 Å². The second-order valence-corrected chi connectivity index (χ2v) is 11.6. The molecule has 0 aromatic rings. The Bertz CT molecular complexity index is 672. The molecule has 6 aliphatic carbocycles. The van der Waals surface area contributed by atoms with Crippen molar-refractivity contribution in [2.24, 2.45) is 52.3 Å². The fourth-order valence-corrected chi connectivity index (χ4v) is 9.89. The van der Waals surface area contributed by atoms with Gasteiger partial charge in [0.25, 0.3) is 0 Å². The van der Waals surface area contributed by atoms with E-state index in [-0.39, 0.29) is 17.1 Å². The third kappa shape index (κ3) is 1.35. The minimum absolute atomic E-state index is 0.0282. The van der Waals surface area contributed by atoms with E-state index in [2.05, 4.69) is 13.8 Å². The normalized spacial score (nSPS) is 74.4. The summed E-state index contributed by atoms with van der Waals surface area (Å²) in [5.74, 6) is 5.32. The van der Waals surface area contributed by atoms with Gasteiger partial charge in [-0.1, -0.05) is 13.8 Å². The van der Waals surface area contributed by atoms with Gasteiger partial charge in [0.2, 0.25) is 0 Å². The molecule has 138 valence electrons. The fourth-order valence-electron chi connectivity index (χ4n) is 9.89. The third-order valence-electron chi connectivity index (χ3n) is 11.2. The zero-order valence-electron chi connectivity index (χ0n) is 15.6. The lowest BCUT2D eigenvalue weighted by molar-refractivity contribution is -0.228. The summed E-state index contributed by atoms with van der Waals surface area (Å²) in [5.41, 5.74) is 0.101. The first-order chi connectivity index (χ1) is 11.9. The summed E-state index contributed by atoms with van der Waals surface area (Å²) in [6.45, 7) is 5.99. The van der Waals surface area contributed by atoms with Crippen LogP contribution in [0.1, 0.15) is 58.8 Å². The van der Waals surface area contributed by atoms with Gasteiger partial charge in [-0.2, -0.15) is 0 Å². The highest BCUT2D eigenvalue weighted by Crippen LogP contribution is 2.84. The second kappa shape index (κ2) is 3.86. The van der Waals surface area contributed by atoms with Crippen LogP contribution in [0.5, 0.6) is 0 Å². The number of fused-ring (bicyclic) bond motifs is 12. The Kier molecular flexibility index (Phi) is 2.30. The number of epoxide rings is 1. The van der Waals surface area contributed by atoms with Crippen molar-refractivity contribution in [2.45, 2.75) is 76.1 Å². The molecule has 2 N–H and O–H groups in total. The van der Waals surface area contributed by atoms with Crippen LogP contribution < -0.4 is 0 Å². The zero-order chi connectivity index (χ0) is 17.0. The van der Waals surface area contributed by atoms with E-state index in [4.69, 9.17) is 4.74 Å². The average molecular weight is 344 g/mol. The second-order valence-electron chi connectivity index (χ2n) is 11.6. The quantitative estimate of drug-likeness (QED) is 0.664. The summed E-state index contributed by atoms with van der Waals surface area (Å²) in [7, 11) is 0. The summed E-state index contributed by atoms with van der Waals surface area (Å²) in [6.07, 6.45) is 7.48. The van der Waals surface area contributed by atoms with E-state index < -0.39 is 5.60 Å². The summed E-state index contributed by atoms with van der Waals surface area (Å²) < 4.78 is 6.20. The maximum absolute atomic E-state index is 11.8. The number of hydrogen-bond donors (Lipinski definition) is 2. The molecule has 0 aromatic carbocycles. The van der Waals surface area contributed by atoms with E-state index in [1.807, 2.05) is 0 Å². The van der Waals surface area contributed by atoms with Gasteiger partial charge in [-0.15, -0.1) is 0 Å². The molecule has 0 aromatic heterocycles. The topological polar surface area (TPSA) is 53.0 Å². The van der Waals surface area contributed by atoms with Crippen LogP contribution in [0.25, 0.3) is 0 Å². The molecule has 0 amide bonds. The molecule has 9 unspecified atom stereocenters. The summed E-state index contributed by atoms with van der Waals surface area (Å²) >= 11 is 0. The monoisotopic (exact) mass is 344 g/mol. The SMILES string of the molecule is C[C@]12CCC3C(C4CC4C4(O)CC(O)CC[C@]34C)C1C1CC1[C@@]21CO1. The molecule has 3 nitrogen and oxygen atoms in total. The molecule has 25 heavy (non-hydrogen) atoms. The van der Waals surface area contributed by atoms with Gasteiger partial charge in [0, 0.05) is 11.8 Å². The Morgan fingerprint density at radius 3 is 2.40 bits per heavy atom. The van der Waals surface area contributed by atoms with Crippen LogP contribution in [0.2, 0.25) is 0 Å². The summed E-state index contributed by atoms with van der Waals surface area (Å²) in [5, 5.41) is 22.1. The Hall–Kier alpha value is -0.120. The Morgan fingerprint density at radius 1 is 0.920 bits per heavy atom. The number of ether oxygens (including phenoxy) is 1. The van der Waals surface area contributed by atoms with Gasteiger partial charge >= 0.3 is 0 Å². The zero-order valence-corrected chi connectivity index (χ0v) is 15.6. The number of rotatable bonds is 0. The van der Waals surface area contributed by atoms with Crippen LogP contribution in [0, 0.1) is 52.3 Å². The van der Waals surface area contributed by atoms with Crippen molar-refractivity contribution in [3.8, 4) is 0 Å². The third-order valence-corrected chi connectivity index (χ3v) is 11.2. The smallest absolute Gasteiger partial charge is 0.100 e. The van der Waals surface area contributed by atoms with E-state index in [1.165, 1.54) is 25.7 Å². The molecule has 6 saturated carbocycles. The first-order valence-electron chi connectivity index (χ1n) is 10.9. The van der Waals surface area contributed by atoms with E-state index in [0.29, 0.717) is 23.7 Å². The molecular weight excluding hydrogens is 312 g/mol. The average Bonchev–Trinajstić information content (AvgIpc) is 3.42. The van der Waals surface area contributed by atoms with Crippen molar-refractivity contribution in [1.82, 2.24) is 0 Å². The van der Waals surface area contributed by atoms with Crippen LogP contribution in [0.3, 0.4) is 0 Å². The maximum atomic E-state index is 11.8. The lowest BCUT2D eigenvalue weighted by Crippen LogP contribution is -2.65. The molecule has 0 radical (unpaired) electrons. The Labute approximate surface area is 150 Å². The first-order valence-corrected chi connectivity index (χ1v) is 10.9. The maximum Gasteiger partial charge on any atom is 0.100 e. The molecule has 1 spiro atoms. The van der Waals surface area contributed by atoms with Crippen molar-refractivity contribution < 1.29 is 14.9 Å². The van der Waals surface area contributed by atoms with Crippen molar-refractivity contribution >= 4 is 0 Å². The van der Waals surface area contributed by atoms with Gasteiger partial charge < -0.3 is 14.9 Å². The van der Waals surface area contributed by atoms with Crippen LogP contribution in [-0.4, -0.2) is 34.1 Å². The molecule has 7 fully saturated rings. The highest BCUT2D eigenvalue weighted by Gasteiger charge is 2.84. The van der Waals surface area contributed by atoms with E-state index >= 15 is 0 Å². The van der Waals surface area contributed by atoms with E-state index in [1.54, 1.807) is 0 Å². The fraction of sp³-hybridized carbons (Fsp3) is 1.00. The molecule has 1 aliphatic heterocycles. The molecule has 12 atom stereocenters. The van der Waals surface area contributed by atoms with Gasteiger partial charge in [-0.25, -0.2) is 0 Å². The number of aliphatic hydroxyl groups excluding tert-OH is 1. The van der Waals surface area contributed by atoms with Gasteiger partial charge in [-0.3, -0.25) is 0 Å². The molecule has 7 rings (SSSR count). The van der Waals surface area contributed by atoms with Gasteiger partial charge in [0.1, 0.15) is 5.60 Å². The highest BCUT2D eigenvalue weighted by molar-refractivity contribution is 5.32. The van der Waals surface area contributed by atoms with Gasteiger partial charge in [-0.05, 0) is 85.4 Å². The first kappa shape index (κ1) is 14.9. The predicted octanol–water partition coefficient (Wildman–Crippen LogP) is 2.99. The van der Waals surface area contributed by atoms with Crippen molar-refractivity contribution in [2.75, 3.05) is 6.61 Å². The van der Waals surface area contributed by atoms with Crippen LogP contribution in [-0.2, 0) is 4.74 Å². The molecule has 7 aliphatic rings. The lowest BCUT2D eigenvalue weighted by Gasteiger charge is -2.64. The minimum Gasteiger partial charge on any atom is -0.393 e. The summed E-state index contributed by atoms with van der Waals surface area (Å²) in [4.78, 5) is 0. The van der Waals surface area contributed by atoms with Crippen LogP contribution in [0.4, 0.5) is 0 Å². The lowest BCUT2D eigenvalue weighted by atomic mass is 9.42. The highest BCUT2D eigenvalue weighted by atomic mass is 16.6. The predicted molar refractivity (Wildman–Crippen MR) is 92.6 cm³/mol. The summed E-state index contributed by atoms with van der Waals surface area (Å²) in [6, 6.07) is 0. The van der Waals surface area contributed by atoms with Gasteiger partial charge in [0.15, 0.2) is 0 Å². The number of aliphatic hydroxyl groups is 2. The Balaban J connectivity index is 1.34. The van der Waals surface area contributed by atoms with Crippen molar-refractivity contribution in [1.29, 1.82) is 0 Å². The van der Waals surface area contributed by atoms with Gasteiger partial charge in [0.05, 0.1) is 18.3 Å². The van der Waals surface area contributed by atoms with Crippen molar-refractivity contribution in [3.63, 3.8) is 0 Å². The van der Waals surface area contributed by atoms with Crippen LogP contribution in [0.15, 0.2) is 0 Å². The molecule has 1 saturated heterocycles. The molecule has 1 heterocycles. The molecule has 0 bridgehead atoms. The molecular formula is C22H32O3. The molecule has 3 heteroatoms. The standard InChI is InChI=1S/C22H32O3/c1-19-5-3-11(23)9-21(19,24)15-7-12(15)17-14(19)4-6-20(2)18(17)13-8-16(13)22(20)10-25-22/h11-18,23-24H,3-10H2,1-2H3/t11?,12?,13?,14?,15?,16?,17?,18?,19-,20+,21?,22+/m1/s1. The Morgan fingerprint density at radius 2 is 1.64 bits per heavy atom. The largest absolute Gasteiger partial charge is 0.393 e. The van der Waals surface area contributed by atoms with E-state index in [9.17, 15) is 10.2 Å². The number of hydrogen-bond acceptors (Lipinski definition) is 3.